The maximum absolute atomic E-state index is 6.01. The third-order valence-corrected chi connectivity index (χ3v) is 3.01. The van der Waals surface area contributed by atoms with E-state index in [0.29, 0.717) is 0 Å². The summed E-state index contributed by atoms with van der Waals surface area (Å²) in [6, 6.07) is 1.95. The zero-order valence-electron chi connectivity index (χ0n) is 10.0. The normalized spacial score (nSPS) is 11.0. The second kappa shape index (κ2) is 7.60. The molecule has 0 aliphatic heterocycles. The summed E-state index contributed by atoms with van der Waals surface area (Å²) in [5, 5.41) is 4.12. The lowest BCUT2D eigenvalue weighted by atomic mass is 10.2. The molecule has 1 aromatic rings. The predicted octanol–water partition coefficient (Wildman–Crippen LogP) is 2.17. The average molecular weight is 242 g/mol. The summed E-state index contributed by atoms with van der Waals surface area (Å²) in [6.07, 6.45) is 3.45. The Morgan fingerprint density at radius 3 is 2.75 bits per heavy atom. The van der Waals surface area contributed by atoms with Crippen LogP contribution >= 0.6 is 11.6 Å². The first-order valence-corrected chi connectivity index (χ1v) is 6.17. The van der Waals surface area contributed by atoms with E-state index in [0.717, 1.165) is 43.3 Å². The number of nitrogens with one attached hydrogen (secondary N) is 1. The lowest BCUT2D eigenvalue weighted by molar-refractivity contribution is 0.302. The number of hydrogen-bond acceptors (Lipinski definition) is 3. The van der Waals surface area contributed by atoms with Crippen LogP contribution in [0.2, 0.25) is 5.02 Å². The number of halogens is 1. The summed E-state index contributed by atoms with van der Waals surface area (Å²) in [7, 11) is 0. The third-order valence-electron chi connectivity index (χ3n) is 2.67. The Balaban J connectivity index is 2.23. The van der Waals surface area contributed by atoms with Crippen molar-refractivity contribution in [1.82, 2.24) is 15.2 Å². The predicted molar refractivity (Wildman–Crippen MR) is 68.7 cm³/mol. The first kappa shape index (κ1) is 13.4. The lowest BCUT2D eigenvalue weighted by Gasteiger charge is -2.18. The standard InChI is InChI=1S/C12H20ClN3/c1-3-16(4-2)8-7-15-9-11-5-6-14-10-12(11)13/h5-6,10,15H,3-4,7-9H2,1-2H3. The van der Waals surface area contributed by atoms with Crippen LogP contribution in [0.25, 0.3) is 0 Å². The maximum Gasteiger partial charge on any atom is 0.0634 e. The van der Waals surface area contributed by atoms with Crippen molar-refractivity contribution in [3.8, 4) is 0 Å². The van der Waals surface area contributed by atoms with Gasteiger partial charge in [0.05, 0.1) is 5.02 Å². The van der Waals surface area contributed by atoms with Crippen LogP contribution in [0.5, 0.6) is 0 Å². The van der Waals surface area contributed by atoms with Gasteiger partial charge in [-0.2, -0.15) is 0 Å². The smallest absolute Gasteiger partial charge is 0.0634 e. The molecule has 4 heteroatoms. The minimum Gasteiger partial charge on any atom is -0.311 e. The molecule has 0 aliphatic carbocycles. The van der Waals surface area contributed by atoms with Gasteiger partial charge in [-0.15, -0.1) is 0 Å². The van der Waals surface area contributed by atoms with Gasteiger partial charge in [-0.05, 0) is 24.7 Å². The van der Waals surface area contributed by atoms with Gasteiger partial charge in [-0.25, -0.2) is 0 Å². The molecule has 0 bridgehead atoms. The number of pyridine rings is 1. The summed E-state index contributed by atoms with van der Waals surface area (Å²) in [5.41, 5.74) is 1.11. The van der Waals surface area contributed by atoms with Crippen LogP contribution in [0.3, 0.4) is 0 Å². The van der Waals surface area contributed by atoms with Crippen molar-refractivity contribution in [3.05, 3.63) is 29.0 Å². The Hall–Kier alpha value is -0.640. The fourth-order valence-corrected chi connectivity index (χ4v) is 1.73. The highest BCUT2D eigenvalue weighted by Crippen LogP contribution is 2.12. The van der Waals surface area contributed by atoms with Crippen LogP contribution < -0.4 is 5.32 Å². The van der Waals surface area contributed by atoms with E-state index >= 15 is 0 Å². The van der Waals surface area contributed by atoms with Gasteiger partial charge in [0.2, 0.25) is 0 Å². The quantitative estimate of drug-likeness (QED) is 0.742. The van der Waals surface area contributed by atoms with Gasteiger partial charge in [-0.1, -0.05) is 25.4 Å². The summed E-state index contributed by atoms with van der Waals surface area (Å²) in [5.74, 6) is 0. The first-order valence-electron chi connectivity index (χ1n) is 5.79. The van der Waals surface area contributed by atoms with Gasteiger partial charge in [0.1, 0.15) is 0 Å². The zero-order chi connectivity index (χ0) is 11.8. The van der Waals surface area contributed by atoms with E-state index in [1.807, 2.05) is 6.07 Å². The Labute approximate surface area is 103 Å². The average Bonchev–Trinajstić information content (AvgIpc) is 2.31. The molecular formula is C12H20ClN3. The molecular weight excluding hydrogens is 222 g/mol. The molecule has 0 saturated heterocycles. The van der Waals surface area contributed by atoms with E-state index in [-0.39, 0.29) is 0 Å². The summed E-state index contributed by atoms with van der Waals surface area (Å²) in [6.45, 7) is 9.45. The van der Waals surface area contributed by atoms with Gasteiger partial charge in [0.25, 0.3) is 0 Å². The number of hydrogen-bond donors (Lipinski definition) is 1. The van der Waals surface area contributed by atoms with Gasteiger partial charge < -0.3 is 10.2 Å². The molecule has 0 amide bonds. The molecule has 0 aliphatic rings. The Kier molecular flexibility index (Phi) is 6.38. The largest absolute Gasteiger partial charge is 0.311 e. The number of rotatable bonds is 7. The number of nitrogens with zero attached hydrogens (tertiary/aromatic N) is 2. The molecule has 1 aromatic heterocycles. The first-order chi connectivity index (χ1) is 7.77. The van der Waals surface area contributed by atoms with Crippen LogP contribution in [-0.2, 0) is 6.54 Å². The van der Waals surface area contributed by atoms with Crippen LogP contribution in [0.4, 0.5) is 0 Å². The summed E-state index contributed by atoms with van der Waals surface area (Å²) in [4.78, 5) is 6.35. The van der Waals surface area contributed by atoms with Crippen LogP contribution in [-0.4, -0.2) is 36.1 Å². The molecule has 0 unspecified atom stereocenters. The van der Waals surface area contributed by atoms with Crippen molar-refractivity contribution in [3.63, 3.8) is 0 Å². The van der Waals surface area contributed by atoms with E-state index in [1.165, 1.54) is 0 Å². The molecule has 0 spiro atoms. The third kappa shape index (κ3) is 4.47. The second-order valence-electron chi connectivity index (χ2n) is 3.67. The van der Waals surface area contributed by atoms with E-state index in [4.69, 9.17) is 11.6 Å². The monoisotopic (exact) mass is 241 g/mol. The molecule has 16 heavy (non-hydrogen) atoms. The Morgan fingerprint density at radius 1 is 1.38 bits per heavy atom. The van der Waals surface area contributed by atoms with E-state index in [2.05, 4.69) is 29.0 Å². The molecule has 90 valence electrons. The van der Waals surface area contributed by atoms with E-state index < -0.39 is 0 Å². The van der Waals surface area contributed by atoms with Crippen LogP contribution in [0.15, 0.2) is 18.5 Å². The number of likely N-dealkylation sites (N-methyl/N-ethyl adjacent to an activating group) is 1. The van der Waals surface area contributed by atoms with E-state index in [1.54, 1.807) is 12.4 Å². The van der Waals surface area contributed by atoms with Gasteiger partial charge in [0.15, 0.2) is 0 Å². The fourth-order valence-electron chi connectivity index (χ4n) is 1.55. The van der Waals surface area contributed by atoms with Crippen molar-refractivity contribution in [1.29, 1.82) is 0 Å². The van der Waals surface area contributed by atoms with Crippen molar-refractivity contribution < 1.29 is 0 Å². The minimum absolute atomic E-state index is 0.734. The summed E-state index contributed by atoms with van der Waals surface area (Å²) < 4.78 is 0. The molecule has 1 heterocycles. The molecule has 0 saturated carbocycles. The number of aromatic nitrogens is 1. The van der Waals surface area contributed by atoms with Crippen LogP contribution in [0, 0.1) is 0 Å². The Bertz CT molecular complexity index is 300. The molecule has 0 radical (unpaired) electrons. The lowest BCUT2D eigenvalue weighted by Crippen LogP contribution is -2.31. The highest BCUT2D eigenvalue weighted by molar-refractivity contribution is 6.31. The molecule has 1 rings (SSSR count). The highest BCUT2D eigenvalue weighted by atomic mass is 35.5. The van der Waals surface area contributed by atoms with Crippen LogP contribution in [0.1, 0.15) is 19.4 Å². The molecule has 1 N–H and O–H groups in total. The zero-order valence-corrected chi connectivity index (χ0v) is 10.8. The van der Waals surface area contributed by atoms with Crippen molar-refractivity contribution in [2.24, 2.45) is 0 Å². The van der Waals surface area contributed by atoms with Gasteiger partial charge in [-0.3, -0.25) is 4.98 Å². The van der Waals surface area contributed by atoms with E-state index in [9.17, 15) is 0 Å². The maximum atomic E-state index is 6.01. The van der Waals surface area contributed by atoms with Crippen molar-refractivity contribution in [2.45, 2.75) is 20.4 Å². The van der Waals surface area contributed by atoms with Crippen molar-refractivity contribution in [2.75, 3.05) is 26.2 Å². The molecule has 3 nitrogen and oxygen atoms in total. The minimum atomic E-state index is 0.734. The molecule has 0 fully saturated rings. The second-order valence-corrected chi connectivity index (χ2v) is 4.08. The van der Waals surface area contributed by atoms with Gasteiger partial charge in [0, 0.05) is 32.0 Å². The van der Waals surface area contributed by atoms with Gasteiger partial charge >= 0.3 is 0 Å². The topological polar surface area (TPSA) is 28.2 Å². The molecule has 0 atom stereocenters. The molecule has 0 aromatic carbocycles. The SMILES string of the molecule is CCN(CC)CCNCc1ccncc1Cl. The fraction of sp³-hybridized carbons (Fsp3) is 0.583. The highest BCUT2D eigenvalue weighted by Gasteiger charge is 2.00. The van der Waals surface area contributed by atoms with Crippen molar-refractivity contribution >= 4 is 11.6 Å². The Morgan fingerprint density at radius 2 is 2.12 bits per heavy atom. The summed E-state index contributed by atoms with van der Waals surface area (Å²) >= 11 is 6.01.